The molecule has 0 N–H and O–H groups in total. The summed E-state index contributed by atoms with van der Waals surface area (Å²) < 4.78 is 29.3. The molecule has 0 amide bonds. The van der Waals surface area contributed by atoms with Gasteiger partial charge < -0.3 is 23.7 Å². The van der Waals surface area contributed by atoms with Crippen LogP contribution in [0.2, 0.25) is 0 Å². The third-order valence-electron chi connectivity index (χ3n) is 7.62. The van der Waals surface area contributed by atoms with Gasteiger partial charge in [-0.25, -0.2) is 24.0 Å². The number of carbonyl (C=O) groups excluding carboxylic acids is 5. The highest BCUT2D eigenvalue weighted by Gasteiger charge is 2.44. The highest BCUT2D eigenvalue weighted by molar-refractivity contribution is 5.92. The number of hydrogen-bond donors (Lipinski definition) is 0. The van der Waals surface area contributed by atoms with Gasteiger partial charge in [0.1, 0.15) is 12.7 Å². The van der Waals surface area contributed by atoms with Crippen LogP contribution in [0.25, 0.3) is 0 Å². The van der Waals surface area contributed by atoms with Crippen LogP contribution in [0.3, 0.4) is 0 Å². The van der Waals surface area contributed by atoms with Gasteiger partial charge >= 0.3 is 29.8 Å². The normalized spacial score (nSPS) is 13.0. The molecule has 0 aliphatic heterocycles. The zero-order valence-electron chi connectivity index (χ0n) is 27.5. The summed E-state index contributed by atoms with van der Waals surface area (Å²) >= 11 is 0. The maximum Gasteiger partial charge on any atom is 0.338 e. The van der Waals surface area contributed by atoms with Gasteiger partial charge in [0.25, 0.3) is 0 Å². The second kappa shape index (κ2) is 17.7. The van der Waals surface area contributed by atoms with Crippen molar-refractivity contribution in [3.63, 3.8) is 0 Å². The third-order valence-corrected chi connectivity index (χ3v) is 7.62. The van der Waals surface area contributed by atoms with Crippen LogP contribution in [0.15, 0.2) is 152 Å². The van der Waals surface area contributed by atoms with E-state index in [0.717, 1.165) is 0 Å². The van der Waals surface area contributed by atoms with Crippen LogP contribution in [0.5, 0.6) is 0 Å². The molecule has 4 unspecified atom stereocenters. The first kappa shape index (κ1) is 35.7. The molecule has 5 aromatic carbocycles. The molecule has 0 saturated heterocycles. The second-order valence-corrected chi connectivity index (χ2v) is 11.2. The van der Waals surface area contributed by atoms with Gasteiger partial charge in [-0.05, 0) is 67.6 Å². The molecule has 0 fully saturated rings. The van der Waals surface area contributed by atoms with Crippen LogP contribution in [-0.2, 0) is 23.7 Å². The standard InChI is InChI=1S/C41H34O10/c1-28(48-38(43)30-19-9-3-10-20-30)35(50-40(45)32-23-13-5-14-24-32)36(51-41(46)33-25-15-6-16-26-33)34(49-39(44)31-21-11-4-12-22-31)27-47-37(42)29-17-7-2-8-18-29/h2-26,28,34-36H,27H2,1H3. The van der Waals surface area contributed by atoms with Crippen molar-refractivity contribution in [2.75, 3.05) is 6.61 Å². The van der Waals surface area contributed by atoms with Gasteiger partial charge in [0, 0.05) is 0 Å². The van der Waals surface area contributed by atoms with Crippen molar-refractivity contribution < 1.29 is 47.7 Å². The van der Waals surface area contributed by atoms with E-state index < -0.39 is 60.9 Å². The molecule has 4 atom stereocenters. The summed E-state index contributed by atoms with van der Waals surface area (Å²) in [5, 5.41) is 0. The van der Waals surface area contributed by atoms with Crippen molar-refractivity contribution >= 4 is 29.8 Å². The largest absolute Gasteiger partial charge is 0.458 e. The quantitative estimate of drug-likeness (QED) is 0.0911. The van der Waals surface area contributed by atoms with Gasteiger partial charge in [-0.3, -0.25) is 0 Å². The lowest BCUT2D eigenvalue weighted by Gasteiger charge is -2.35. The predicted molar refractivity (Wildman–Crippen MR) is 185 cm³/mol. The molecule has 0 radical (unpaired) electrons. The number of rotatable bonds is 14. The van der Waals surface area contributed by atoms with Crippen LogP contribution < -0.4 is 0 Å². The molecule has 0 aromatic heterocycles. The van der Waals surface area contributed by atoms with Crippen LogP contribution in [0.4, 0.5) is 0 Å². The SMILES string of the molecule is CC(OC(=O)c1ccccc1)C(OC(=O)c1ccccc1)C(OC(=O)c1ccccc1)C(COC(=O)c1ccccc1)OC(=O)c1ccccc1. The molecule has 258 valence electrons. The lowest BCUT2D eigenvalue weighted by Crippen LogP contribution is -2.52. The summed E-state index contributed by atoms with van der Waals surface area (Å²) in [6.45, 7) is 0.803. The van der Waals surface area contributed by atoms with Crippen LogP contribution in [-0.4, -0.2) is 60.9 Å². The smallest absolute Gasteiger partial charge is 0.338 e. The van der Waals surface area contributed by atoms with Gasteiger partial charge in [0.15, 0.2) is 18.3 Å². The molecule has 0 spiro atoms. The molecule has 0 aliphatic carbocycles. The van der Waals surface area contributed by atoms with Crippen molar-refractivity contribution in [1.29, 1.82) is 0 Å². The highest BCUT2D eigenvalue weighted by Crippen LogP contribution is 2.24. The van der Waals surface area contributed by atoms with Crippen molar-refractivity contribution in [2.45, 2.75) is 31.3 Å². The first-order valence-corrected chi connectivity index (χ1v) is 16.1. The first-order valence-electron chi connectivity index (χ1n) is 16.1. The Bertz CT molecular complexity index is 1900. The minimum absolute atomic E-state index is 0.124. The third kappa shape index (κ3) is 9.99. The molecular formula is C41H34O10. The number of benzene rings is 5. The second-order valence-electron chi connectivity index (χ2n) is 11.2. The topological polar surface area (TPSA) is 132 Å². The molecule has 0 heterocycles. The molecule has 0 bridgehead atoms. The molecule has 5 aromatic rings. The molecule has 10 nitrogen and oxygen atoms in total. The highest BCUT2D eigenvalue weighted by atomic mass is 16.6. The Morgan fingerprint density at radius 1 is 0.392 bits per heavy atom. The summed E-state index contributed by atoms with van der Waals surface area (Å²) in [6.07, 6.45) is -6.16. The zero-order chi connectivity index (χ0) is 36.0. The van der Waals surface area contributed by atoms with E-state index in [4.69, 9.17) is 23.7 Å². The van der Waals surface area contributed by atoms with Crippen molar-refractivity contribution in [3.8, 4) is 0 Å². The van der Waals surface area contributed by atoms with Crippen molar-refractivity contribution in [2.24, 2.45) is 0 Å². The minimum atomic E-state index is -1.68. The van der Waals surface area contributed by atoms with Crippen molar-refractivity contribution in [1.82, 2.24) is 0 Å². The summed E-state index contributed by atoms with van der Waals surface area (Å²) in [6, 6.07) is 40.2. The Morgan fingerprint density at radius 3 is 1.06 bits per heavy atom. The fourth-order valence-corrected chi connectivity index (χ4v) is 4.99. The van der Waals surface area contributed by atoms with Gasteiger partial charge in [-0.15, -0.1) is 0 Å². The first-order chi connectivity index (χ1) is 24.8. The van der Waals surface area contributed by atoms with E-state index in [-0.39, 0.29) is 27.8 Å². The predicted octanol–water partition coefficient (Wildman–Crippen LogP) is 6.77. The van der Waals surface area contributed by atoms with E-state index in [0.29, 0.717) is 0 Å². The molecule has 5 rings (SSSR count). The molecule has 10 heteroatoms. The summed E-state index contributed by atoms with van der Waals surface area (Å²) in [5.74, 6) is -4.09. The fraction of sp³-hybridized carbons (Fsp3) is 0.146. The van der Waals surface area contributed by atoms with Crippen LogP contribution in [0.1, 0.15) is 58.7 Å². The lowest BCUT2D eigenvalue weighted by molar-refractivity contribution is -0.128. The van der Waals surface area contributed by atoms with Crippen molar-refractivity contribution in [3.05, 3.63) is 179 Å². The maximum atomic E-state index is 13.7. The van der Waals surface area contributed by atoms with E-state index in [1.54, 1.807) is 103 Å². The number of ether oxygens (including phenoxy) is 5. The van der Waals surface area contributed by atoms with Gasteiger partial charge in [-0.1, -0.05) is 91.0 Å². The average Bonchev–Trinajstić information content (AvgIpc) is 3.19. The Hall–Kier alpha value is -6.55. The minimum Gasteiger partial charge on any atom is -0.458 e. The van der Waals surface area contributed by atoms with E-state index in [9.17, 15) is 24.0 Å². The van der Waals surface area contributed by atoms with Gasteiger partial charge in [0.2, 0.25) is 0 Å². The molecule has 0 aliphatic rings. The van der Waals surface area contributed by atoms with E-state index in [2.05, 4.69) is 0 Å². The Labute approximate surface area is 294 Å². The van der Waals surface area contributed by atoms with E-state index >= 15 is 0 Å². The Morgan fingerprint density at radius 2 is 0.686 bits per heavy atom. The fourth-order valence-electron chi connectivity index (χ4n) is 4.99. The number of carbonyl (C=O) groups is 5. The van der Waals surface area contributed by atoms with Crippen LogP contribution in [0, 0.1) is 0 Å². The zero-order valence-corrected chi connectivity index (χ0v) is 27.5. The lowest BCUT2D eigenvalue weighted by atomic mass is 10.0. The number of hydrogen-bond acceptors (Lipinski definition) is 10. The average molecular weight is 687 g/mol. The molecule has 51 heavy (non-hydrogen) atoms. The van der Waals surface area contributed by atoms with Gasteiger partial charge in [0.05, 0.1) is 27.8 Å². The van der Waals surface area contributed by atoms with E-state index in [1.165, 1.54) is 55.5 Å². The summed E-state index contributed by atoms with van der Waals surface area (Å²) in [7, 11) is 0. The maximum absolute atomic E-state index is 13.7. The molecule has 0 saturated carbocycles. The summed E-state index contributed by atoms with van der Waals surface area (Å²) in [5.41, 5.74) is 0.829. The molecular weight excluding hydrogens is 652 g/mol. The summed E-state index contributed by atoms with van der Waals surface area (Å²) in [4.78, 5) is 67.2. The van der Waals surface area contributed by atoms with Gasteiger partial charge in [-0.2, -0.15) is 0 Å². The number of esters is 5. The monoisotopic (exact) mass is 686 g/mol. The van der Waals surface area contributed by atoms with Crippen LogP contribution >= 0.6 is 0 Å². The van der Waals surface area contributed by atoms with E-state index in [1.807, 2.05) is 0 Å². The Kier molecular flexibility index (Phi) is 12.4. The Balaban J connectivity index is 1.56.